The molecule has 3 aromatic rings. The maximum atomic E-state index is 12.8. The monoisotopic (exact) mass is 404 g/mol. The summed E-state index contributed by atoms with van der Waals surface area (Å²) in [4.78, 5) is 18.0. The van der Waals surface area contributed by atoms with Gasteiger partial charge in [-0.05, 0) is 36.8 Å². The first kappa shape index (κ1) is 19.6. The van der Waals surface area contributed by atoms with Gasteiger partial charge in [-0.2, -0.15) is 0 Å². The summed E-state index contributed by atoms with van der Waals surface area (Å²) in [6.45, 7) is 1.98. The molecule has 6 nitrogen and oxygen atoms in total. The Morgan fingerprint density at radius 2 is 2.04 bits per heavy atom. The number of nitrogens with one attached hydrogen (secondary N) is 1. The molecule has 4 N–H and O–H groups in total. The highest BCUT2D eigenvalue weighted by Gasteiger charge is 2.21. The molecule has 27 heavy (non-hydrogen) atoms. The van der Waals surface area contributed by atoms with Crippen LogP contribution in [0.1, 0.15) is 32.1 Å². The summed E-state index contributed by atoms with van der Waals surface area (Å²) in [5.74, 6) is -0.230. The number of carbonyl (C=O) groups excluding carboxylic acids is 1. The van der Waals surface area contributed by atoms with E-state index >= 15 is 0 Å². The molecule has 0 aliphatic heterocycles. The van der Waals surface area contributed by atoms with Crippen LogP contribution in [0.3, 0.4) is 0 Å². The standard InChI is InChI=1S/C19H21ClN4O2S/c1-11-17(10-25)27-19(22-11)14(9-21)23-18(26)16-8-7-15(24(16)2)12-3-5-13(20)6-4-12/h3-8,14,25H,9-10,21H2,1-2H3,(H,23,26). The van der Waals surface area contributed by atoms with Gasteiger partial charge in [0.15, 0.2) is 0 Å². The second-order valence-electron chi connectivity index (χ2n) is 6.15. The summed E-state index contributed by atoms with van der Waals surface area (Å²) < 4.78 is 1.83. The van der Waals surface area contributed by atoms with Crippen LogP contribution in [-0.2, 0) is 13.7 Å². The van der Waals surface area contributed by atoms with Crippen LogP contribution in [0.15, 0.2) is 36.4 Å². The molecule has 2 heterocycles. The molecule has 2 aromatic heterocycles. The van der Waals surface area contributed by atoms with Gasteiger partial charge in [0.1, 0.15) is 10.7 Å². The topological polar surface area (TPSA) is 93.2 Å². The Morgan fingerprint density at radius 1 is 1.33 bits per heavy atom. The largest absolute Gasteiger partial charge is 0.391 e. The Kier molecular flexibility index (Phi) is 5.96. The van der Waals surface area contributed by atoms with E-state index < -0.39 is 6.04 Å². The molecular formula is C19H21ClN4O2S. The molecule has 0 saturated carbocycles. The maximum absolute atomic E-state index is 12.8. The third kappa shape index (κ3) is 4.06. The van der Waals surface area contributed by atoms with Crippen molar-refractivity contribution in [3.63, 3.8) is 0 Å². The summed E-state index contributed by atoms with van der Waals surface area (Å²) >= 11 is 7.31. The van der Waals surface area contributed by atoms with Crippen molar-refractivity contribution in [1.82, 2.24) is 14.9 Å². The summed E-state index contributed by atoms with van der Waals surface area (Å²) in [5.41, 5.74) is 9.01. The SMILES string of the molecule is Cc1nc(C(CN)NC(=O)c2ccc(-c3ccc(Cl)cc3)n2C)sc1CO. The Morgan fingerprint density at radius 3 is 2.63 bits per heavy atom. The number of amides is 1. The van der Waals surface area contributed by atoms with E-state index in [-0.39, 0.29) is 19.1 Å². The molecule has 0 aliphatic carbocycles. The lowest BCUT2D eigenvalue weighted by Crippen LogP contribution is -2.34. The lowest BCUT2D eigenvalue weighted by Gasteiger charge is -2.15. The highest BCUT2D eigenvalue weighted by Crippen LogP contribution is 2.25. The number of aliphatic hydroxyl groups excluding tert-OH is 1. The minimum Gasteiger partial charge on any atom is -0.391 e. The quantitative estimate of drug-likeness (QED) is 0.588. The van der Waals surface area contributed by atoms with E-state index in [1.807, 2.05) is 48.9 Å². The number of hydrogen-bond acceptors (Lipinski definition) is 5. The van der Waals surface area contributed by atoms with Gasteiger partial charge in [-0.25, -0.2) is 4.98 Å². The number of halogens is 1. The molecule has 0 saturated heterocycles. The fraction of sp³-hybridized carbons (Fsp3) is 0.263. The number of aromatic nitrogens is 2. The number of benzene rings is 1. The van der Waals surface area contributed by atoms with Crippen molar-refractivity contribution < 1.29 is 9.90 Å². The summed E-state index contributed by atoms with van der Waals surface area (Å²) in [6, 6.07) is 10.7. The predicted octanol–water partition coefficient (Wildman–Crippen LogP) is 3.03. The van der Waals surface area contributed by atoms with Crippen molar-refractivity contribution >= 4 is 28.8 Å². The van der Waals surface area contributed by atoms with Gasteiger partial charge in [0.25, 0.3) is 5.91 Å². The van der Waals surface area contributed by atoms with Crippen LogP contribution in [0, 0.1) is 6.92 Å². The van der Waals surface area contributed by atoms with Crippen LogP contribution in [0.25, 0.3) is 11.3 Å². The van der Waals surface area contributed by atoms with Crippen molar-refractivity contribution in [2.24, 2.45) is 12.8 Å². The molecule has 0 radical (unpaired) electrons. The van der Waals surface area contributed by atoms with E-state index in [4.69, 9.17) is 17.3 Å². The average Bonchev–Trinajstić information content (AvgIpc) is 3.23. The van der Waals surface area contributed by atoms with Gasteiger partial charge in [0.05, 0.1) is 23.2 Å². The number of thiazole rings is 1. The Balaban J connectivity index is 1.82. The highest BCUT2D eigenvalue weighted by atomic mass is 35.5. The Bertz CT molecular complexity index is 949. The summed E-state index contributed by atoms with van der Waals surface area (Å²) in [7, 11) is 1.84. The lowest BCUT2D eigenvalue weighted by molar-refractivity contribution is 0.0929. The van der Waals surface area contributed by atoms with Gasteiger partial charge >= 0.3 is 0 Å². The minimum atomic E-state index is -0.407. The molecule has 1 aromatic carbocycles. The summed E-state index contributed by atoms with van der Waals surface area (Å²) in [5, 5.41) is 13.6. The van der Waals surface area contributed by atoms with E-state index in [1.54, 1.807) is 6.07 Å². The first-order valence-corrected chi connectivity index (χ1v) is 9.63. The molecule has 142 valence electrons. The molecule has 0 bridgehead atoms. The zero-order chi connectivity index (χ0) is 19.6. The number of aliphatic hydroxyl groups is 1. The van der Waals surface area contributed by atoms with Gasteiger partial charge in [-0.3, -0.25) is 4.79 Å². The zero-order valence-electron chi connectivity index (χ0n) is 15.1. The van der Waals surface area contributed by atoms with Gasteiger partial charge in [-0.15, -0.1) is 11.3 Å². The number of aryl methyl sites for hydroxylation is 1. The van der Waals surface area contributed by atoms with Gasteiger partial charge < -0.3 is 20.7 Å². The number of nitrogens with zero attached hydrogens (tertiary/aromatic N) is 2. The molecule has 3 rings (SSSR count). The van der Waals surface area contributed by atoms with Crippen LogP contribution in [-0.4, -0.2) is 27.1 Å². The first-order valence-electron chi connectivity index (χ1n) is 8.44. The molecule has 8 heteroatoms. The van der Waals surface area contributed by atoms with Crippen molar-refractivity contribution in [3.05, 3.63) is 62.7 Å². The third-order valence-corrected chi connectivity index (χ3v) is 5.89. The molecule has 1 unspecified atom stereocenters. The second-order valence-corrected chi connectivity index (χ2v) is 7.70. The highest BCUT2D eigenvalue weighted by molar-refractivity contribution is 7.11. The molecule has 1 amide bonds. The molecule has 1 atom stereocenters. The number of carbonyl (C=O) groups is 1. The second kappa shape index (κ2) is 8.22. The fourth-order valence-electron chi connectivity index (χ4n) is 2.85. The normalized spacial score (nSPS) is 12.2. The van der Waals surface area contributed by atoms with Crippen molar-refractivity contribution in [3.8, 4) is 11.3 Å². The van der Waals surface area contributed by atoms with Gasteiger partial charge in [-0.1, -0.05) is 23.7 Å². The maximum Gasteiger partial charge on any atom is 0.268 e. The van der Waals surface area contributed by atoms with E-state index in [0.717, 1.165) is 21.8 Å². The number of nitrogens with two attached hydrogens (primary N) is 1. The van der Waals surface area contributed by atoms with E-state index in [2.05, 4.69) is 10.3 Å². The number of hydrogen-bond donors (Lipinski definition) is 3. The predicted molar refractivity (Wildman–Crippen MR) is 108 cm³/mol. The van der Waals surface area contributed by atoms with Crippen molar-refractivity contribution in [2.45, 2.75) is 19.6 Å². The summed E-state index contributed by atoms with van der Waals surface area (Å²) in [6.07, 6.45) is 0. The smallest absolute Gasteiger partial charge is 0.268 e. The van der Waals surface area contributed by atoms with Gasteiger partial charge in [0.2, 0.25) is 0 Å². The van der Waals surface area contributed by atoms with Crippen LogP contribution in [0.4, 0.5) is 0 Å². The molecular weight excluding hydrogens is 384 g/mol. The van der Waals surface area contributed by atoms with Crippen LogP contribution < -0.4 is 11.1 Å². The third-order valence-electron chi connectivity index (χ3n) is 4.39. The average molecular weight is 405 g/mol. The first-order chi connectivity index (χ1) is 12.9. The molecule has 0 aliphatic rings. The van der Waals surface area contributed by atoms with Crippen LogP contribution in [0.2, 0.25) is 5.02 Å². The van der Waals surface area contributed by atoms with Crippen molar-refractivity contribution in [1.29, 1.82) is 0 Å². The van der Waals surface area contributed by atoms with Crippen LogP contribution in [0.5, 0.6) is 0 Å². The van der Waals surface area contributed by atoms with Gasteiger partial charge in [0, 0.05) is 24.3 Å². The Labute approximate surface area is 166 Å². The van der Waals surface area contributed by atoms with E-state index in [9.17, 15) is 9.90 Å². The number of rotatable bonds is 6. The molecule has 0 fully saturated rings. The van der Waals surface area contributed by atoms with E-state index in [1.165, 1.54) is 11.3 Å². The molecule has 0 spiro atoms. The van der Waals surface area contributed by atoms with Crippen LogP contribution >= 0.6 is 22.9 Å². The fourth-order valence-corrected chi connectivity index (χ4v) is 3.97. The van der Waals surface area contributed by atoms with Crippen molar-refractivity contribution in [2.75, 3.05) is 6.54 Å². The van der Waals surface area contributed by atoms with E-state index in [0.29, 0.717) is 15.7 Å². The zero-order valence-corrected chi connectivity index (χ0v) is 16.6. The Hall–Kier alpha value is -2.19. The minimum absolute atomic E-state index is 0.0724. The lowest BCUT2D eigenvalue weighted by atomic mass is 10.1.